The first kappa shape index (κ1) is 10.4. The smallest absolute Gasteiger partial charge is 0.323 e. The zero-order valence-electron chi connectivity index (χ0n) is 9.62. The SMILES string of the molecule is COC(=O)[C@@H]1Cc2c([nH]c3ccccc23)CN1. The number of hydrogen-bond donors (Lipinski definition) is 2. The predicted molar refractivity (Wildman–Crippen MR) is 64.6 cm³/mol. The van der Waals surface area contributed by atoms with Gasteiger partial charge in [-0.3, -0.25) is 10.1 Å². The summed E-state index contributed by atoms with van der Waals surface area (Å²) in [5.41, 5.74) is 3.53. The molecule has 0 saturated carbocycles. The Kier molecular flexibility index (Phi) is 2.37. The molecular formula is C13H14N2O2. The largest absolute Gasteiger partial charge is 0.468 e. The van der Waals surface area contributed by atoms with Gasteiger partial charge in [0.05, 0.1) is 7.11 Å². The number of benzene rings is 1. The highest BCUT2D eigenvalue weighted by molar-refractivity contribution is 5.86. The molecule has 0 radical (unpaired) electrons. The molecule has 1 aromatic heterocycles. The molecule has 0 aliphatic carbocycles. The standard InChI is InChI=1S/C13H14N2O2/c1-17-13(16)11-6-9-8-4-2-3-5-10(8)15-12(9)7-14-11/h2-5,11,14-15H,6-7H2,1H3/t11-/m0/s1. The fourth-order valence-corrected chi connectivity index (χ4v) is 2.45. The molecule has 1 atom stereocenters. The molecule has 88 valence electrons. The van der Waals surface area contributed by atoms with Crippen LogP contribution in [0.4, 0.5) is 0 Å². The Balaban J connectivity index is 2.03. The number of fused-ring (bicyclic) bond motifs is 3. The highest BCUT2D eigenvalue weighted by atomic mass is 16.5. The topological polar surface area (TPSA) is 54.1 Å². The summed E-state index contributed by atoms with van der Waals surface area (Å²) in [5, 5.41) is 4.39. The molecule has 0 unspecified atom stereocenters. The third-order valence-corrected chi connectivity index (χ3v) is 3.32. The highest BCUT2D eigenvalue weighted by Crippen LogP contribution is 2.26. The lowest BCUT2D eigenvalue weighted by Gasteiger charge is -2.21. The molecule has 0 amide bonds. The fraction of sp³-hybridized carbons (Fsp3) is 0.308. The van der Waals surface area contributed by atoms with E-state index in [1.165, 1.54) is 23.8 Å². The summed E-state index contributed by atoms with van der Waals surface area (Å²) in [7, 11) is 1.43. The average molecular weight is 230 g/mol. The number of carbonyl (C=O) groups is 1. The summed E-state index contributed by atoms with van der Waals surface area (Å²) in [4.78, 5) is 14.9. The number of carbonyl (C=O) groups excluding carboxylic acids is 1. The van der Waals surface area contributed by atoms with Crippen molar-refractivity contribution in [2.75, 3.05) is 7.11 Å². The average Bonchev–Trinajstić information content (AvgIpc) is 2.75. The molecule has 1 aromatic carbocycles. The quantitative estimate of drug-likeness (QED) is 0.727. The molecule has 0 spiro atoms. The minimum absolute atomic E-state index is 0.194. The van der Waals surface area contributed by atoms with Crippen molar-refractivity contribution in [2.45, 2.75) is 19.0 Å². The van der Waals surface area contributed by atoms with Crippen LogP contribution in [0, 0.1) is 0 Å². The number of aromatic amines is 1. The molecular weight excluding hydrogens is 216 g/mol. The number of nitrogens with one attached hydrogen (secondary N) is 2. The predicted octanol–water partition coefficient (Wildman–Crippen LogP) is 1.36. The molecule has 0 bridgehead atoms. The number of hydrogen-bond acceptors (Lipinski definition) is 3. The second-order valence-corrected chi connectivity index (χ2v) is 4.29. The van der Waals surface area contributed by atoms with Crippen molar-refractivity contribution in [1.82, 2.24) is 10.3 Å². The van der Waals surface area contributed by atoms with Gasteiger partial charge in [-0.1, -0.05) is 18.2 Å². The van der Waals surface area contributed by atoms with Gasteiger partial charge in [-0.25, -0.2) is 0 Å². The Morgan fingerprint density at radius 3 is 3.06 bits per heavy atom. The third-order valence-electron chi connectivity index (χ3n) is 3.32. The first-order chi connectivity index (χ1) is 8.29. The van der Waals surface area contributed by atoms with Gasteiger partial charge in [-0.2, -0.15) is 0 Å². The van der Waals surface area contributed by atoms with E-state index in [1.807, 2.05) is 12.1 Å². The zero-order valence-corrected chi connectivity index (χ0v) is 9.62. The Labute approximate surface area is 99.0 Å². The van der Waals surface area contributed by atoms with Crippen LogP contribution in [0.15, 0.2) is 24.3 Å². The molecule has 17 heavy (non-hydrogen) atoms. The fourth-order valence-electron chi connectivity index (χ4n) is 2.45. The van der Waals surface area contributed by atoms with Crippen molar-refractivity contribution in [3.63, 3.8) is 0 Å². The third kappa shape index (κ3) is 1.61. The lowest BCUT2D eigenvalue weighted by Crippen LogP contribution is -2.42. The van der Waals surface area contributed by atoms with Crippen molar-refractivity contribution in [3.8, 4) is 0 Å². The van der Waals surface area contributed by atoms with Crippen molar-refractivity contribution in [2.24, 2.45) is 0 Å². The normalized spacial score (nSPS) is 19.0. The van der Waals surface area contributed by atoms with Crippen molar-refractivity contribution < 1.29 is 9.53 Å². The lowest BCUT2D eigenvalue weighted by atomic mass is 9.99. The second kappa shape index (κ2) is 3.89. The van der Waals surface area contributed by atoms with Gasteiger partial charge in [-0.05, 0) is 11.6 Å². The monoisotopic (exact) mass is 230 g/mol. The van der Waals surface area contributed by atoms with Crippen LogP contribution < -0.4 is 5.32 Å². The summed E-state index contributed by atoms with van der Waals surface area (Å²) < 4.78 is 4.78. The molecule has 1 aliphatic heterocycles. The van der Waals surface area contributed by atoms with Crippen LogP contribution >= 0.6 is 0 Å². The summed E-state index contributed by atoms with van der Waals surface area (Å²) in [5.74, 6) is -0.194. The van der Waals surface area contributed by atoms with Gasteiger partial charge in [0.15, 0.2) is 0 Å². The molecule has 4 nitrogen and oxygen atoms in total. The summed E-state index contributed by atoms with van der Waals surface area (Å²) in [6.07, 6.45) is 0.687. The van der Waals surface area contributed by atoms with Crippen LogP contribution in [0.3, 0.4) is 0 Å². The van der Waals surface area contributed by atoms with Gasteiger partial charge >= 0.3 is 5.97 Å². The minimum atomic E-state index is -0.230. The Morgan fingerprint density at radius 2 is 2.24 bits per heavy atom. The molecule has 1 aliphatic rings. The van der Waals surface area contributed by atoms with Crippen molar-refractivity contribution in [3.05, 3.63) is 35.5 Å². The van der Waals surface area contributed by atoms with Crippen molar-refractivity contribution in [1.29, 1.82) is 0 Å². The van der Waals surface area contributed by atoms with E-state index in [1.54, 1.807) is 0 Å². The van der Waals surface area contributed by atoms with E-state index >= 15 is 0 Å². The van der Waals surface area contributed by atoms with E-state index in [2.05, 4.69) is 22.4 Å². The summed E-state index contributed by atoms with van der Waals surface area (Å²) in [6.45, 7) is 0.684. The van der Waals surface area contributed by atoms with Gasteiger partial charge < -0.3 is 9.72 Å². The molecule has 2 aromatic rings. The van der Waals surface area contributed by atoms with E-state index in [9.17, 15) is 4.79 Å². The molecule has 3 rings (SSSR count). The van der Waals surface area contributed by atoms with Gasteiger partial charge in [0.25, 0.3) is 0 Å². The van der Waals surface area contributed by atoms with E-state index in [-0.39, 0.29) is 12.0 Å². The van der Waals surface area contributed by atoms with Gasteiger partial charge in [0.1, 0.15) is 6.04 Å². The number of methoxy groups -OCH3 is 1. The summed E-state index contributed by atoms with van der Waals surface area (Å²) >= 11 is 0. The zero-order chi connectivity index (χ0) is 11.8. The number of aromatic nitrogens is 1. The van der Waals surface area contributed by atoms with Crippen LogP contribution in [0.2, 0.25) is 0 Å². The molecule has 4 heteroatoms. The maximum atomic E-state index is 11.5. The molecule has 2 N–H and O–H groups in total. The number of para-hydroxylation sites is 1. The Morgan fingerprint density at radius 1 is 1.41 bits per heavy atom. The highest BCUT2D eigenvalue weighted by Gasteiger charge is 2.27. The van der Waals surface area contributed by atoms with Gasteiger partial charge in [0, 0.05) is 29.6 Å². The molecule has 2 heterocycles. The van der Waals surface area contributed by atoms with E-state index in [0.717, 1.165) is 5.52 Å². The maximum Gasteiger partial charge on any atom is 0.323 e. The molecule has 0 saturated heterocycles. The van der Waals surface area contributed by atoms with Crippen LogP contribution in [-0.4, -0.2) is 24.1 Å². The number of esters is 1. The number of ether oxygens (including phenoxy) is 1. The molecule has 0 fully saturated rings. The number of H-pyrrole nitrogens is 1. The summed E-state index contributed by atoms with van der Waals surface area (Å²) in [6, 6.07) is 7.94. The van der Waals surface area contributed by atoms with E-state index < -0.39 is 0 Å². The van der Waals surface area contributed by atoms with Gasteiger partial charge in [-0.15, -0.1) is 0 Å². The van der Waals surface area contributed by atoms with Crippen LogP contribution in [0.1, 0.15) is 11.3 Å². The maximum absolute atomic E-state index is 11.5. The minimum Gasteiger partial charge on any atom is -0.468 e. The van der Waals surface area contributed by atoms with Crippen LogP contribution in [-0.2, 0) is 22.5 Å². The van der Waals surface area contributed by atoms with Gasteiger partial charge in [0.2, 0.25) is 0 Å². The Bertz CT molecular complexity index is 574. The van der Waals surface area contributed by atoms with Crippen LogP contribution in [0.25, 0.3) is 10.9 Å². The van der Waals surface area contributed by atoms with Crippen LogP contribution in [0.5, 0.6) is 0 Å². The van der Waals surface area contributed by atoms with Crippen molar-refractivity contribution >= 4 is 16.9 Å². The number of rotatable bonds is 1. The Hall–Kier alpha value is -1.81. The lowest BCUT2D eigenvalue weighted by molar-refractivity contribution is -0.143. The first-order valence-corrected chi connectivity index (χ1v) is 5.69. The van der Waals surface area contributed by atoms with E-state index in [0.29, 0.717) is 13.0 Å². The first-order valence-electron chi connectivity index (χ1n) is 5.69. The van der Waals surface area contributed by atoms with E-state index in [4.69, 9.17) is 4.74 Å². The second-order valence-electron chi connectivity index (χ2n) is 4.29.